The van der Waals surface area contributed by atoms with Gasteiger partial charge in [0.05, 0.1) is 18.8 Å². The zero-order chi connectivity index (χ0) is 16.8. The van der Waals surface area contributed by atoms with Crippen molar-refractivity contribution in [2.45, 2.75) is 25.3 Å². The molecule has 2 nitrogen and oxygen atoms in total. The van der Waals surface area contributed by atoms with Gasteiger partial charge < -0.3 is 10.1 Å². The highest BCUT2D eigenvalue weighted by atomic mass is 35.5. The summed E-state index contributed by atoms with van der Waals surface area (Å²) in [4.78, 5) is 0. The number of halogens is 2. The maximum absolute atomic E-state index is 6.51. The summed E-state index contributed by atoms with van der Waals surface area (Å²) in [6.45, 7) is 2.17. The predicted molar refractivity (Wildman–Crippen MR) is 101 cm³/mol. The SMILES string of the molecule is COc1ccc(C)c2c1N[C@H](c1ccc(Cl)cc1Cl)[C@@H]1CC=C[C@@H]21. The minimum atomic E-state index is 0.137. The van der Waals surface area contributed by atoms with E-state index in [9.17, 15) is 0 Å². The largest absolute Gasteiger partial charge is 0.495 e. The molecular formula is C20H19Cl2NO. The Balaban J connectivity index is 1.87. The molecule has 0 unspecified atom stereocenters. The van der Waals surface area contributed by atoms with E-state index in [4.69, 9.17) is 27.9 Å². The Kier molecular flexibility index (Phi) is 3.98. The highest BCUT2D eigenvalue weighted by Gasteiger charge is 2.40. The second kappa shape index (κ2) is 6.02. The molecule has 0 saturated carbocycles. The number of rotatable bonds is 2. The van der Waals surface area contributed by atoms with Crippen molar-refractivity contribution in [3.63, 3.8) is 0 Å². The minimum Gasteiger partial charge on any atom is -0.495 e. The van der Waals surface area contributed by atoms with E-state index in [0.717, 1.165) is 23.4 Å². The summed E-state index contributed by atoms with van der Waals surface area (Å²) in [5.74, 6) is 1.71. The van der Waals surface area contributed by atoms with Crippen LogP contribution in [0.1, 0.15) is 35.1 Å². The van der Waals surface area contributed by atoms with Crippen LogP contribution in [0.4, 0.5) is 5.69 Å². The summed E-state index contributed by atoms with van der Waals surface area (Å²) in [6, 6.07) is 10.1. The molecule has 4 rings (SSSR count). The van der Waals surface area contributed by atoms with Crippen LogP contribution < -0.4 is 10.1 Å². The molecule has 124 valence electrons. The van der Waals surface area contributed by atoms with Gasteiger partial charge in [0, 0.05) is 16.0 Å². The van der Waals surface area contributed by atoms with E-state index in [0.29, 0.717) is 21.9 Å². The van der Waals surface area contributed by atoms with Gasteiger partial charge in [-0.25, -0.2) is 0 Å². The number of hydrogen-bond acceptors (Lipinski definition) is 2. The zero-order valence-electron chi connectivity index (χ0n) is 13.6. The van der Waals surface area contributed by atoms with Crippen molar-refractivity contribution < 1.29 is 4.74 Å². The molecule has 2 aliphatic rings. The van der Waals surface area contributed by atoms with Crippen molar-refractivity contribution in [1.29, 1.82) is 0 Å². The number of fused-ring (bicyclic) bond motifs is 3. The van der Waals surface area contributed by atoms with Crippen LogP contribution in [0.25, 0.3) is 0 Å². The van der Waals surface area contributed by atoms with E-state index in [-0.39, 0.29) is 6.04 Å². The molecule has 24 heavy (non-hydrogen) atoms. The third kappa shape index (κ3) is 2.40. The molecule has 1 aliphatic carbocycles. The second-order valence-electron chi connectivity index (χ2n) is 6.51. The highest BCUT2D eigenvalue weighted by Crippen LogP contribution is 2.54. The zero-order valence-corrected chi connectivity index (χ0v) is 15.2. The quantitative estimate of drug-likeness (QED) is 0.650. The normalized spacial score (nSPS) is 24.2. The molecular weight excluding hydrogens is 341 g/mol. The molecule has 0 amide bonds. The second-order valence-corrected chi connectivity index (χ2v) is 7.36. The van der Waals surface area contributed by atoms with Crippen molar-refractivity contribution in [3.05, 3.63) is 69.2 Å². The number of hydrogen-bond donors (Lipinski definition) is 1. The molecule has 4 heteroatoms. The van der Waals surface area contributed by atoms with E-state index >= 15 is 0 Å². The molecule has 0 spiro atoms. The Morgan fingerprint density at radius 3 is 2.75 bits per heavy atom. The first-order chi connectivity index (χ1) is 11.6. The van der Waals surface area contributed by atoms with Crippen molar-refractivity contribution in [2.24, 2.45) is 5.92 Å². The van der Waals surface area contributed by atoms with Crippen LogP contribution in [-0.4, -0.2) is 7.11 Å². The average molecular weight is 360 g/mol. The summed E-state index contributed by atoms with van der Waals surface area (Å²) < 4.78 is 5.61. The van der Waals surface area contributed by atoms with Gasteiger partial charge in [-0.2, -0.15) is 0 Å². The number of benzene rings is 2. The molecule has 1 N–H and O–H groups in total. The summed E-state index contributed by atoms with van der Waals surface area (Å²) in [6.07, 6.45) is 5.65. The van der Waals surface area contributed by atoms with Crippen LogP contribution in [0.2, 0.25) is 10.0 Å². The molecule has 3 atom stereocenters. The van der Waals surface area contributed by atoms with Gasteiger partial charge in [0.15, 0.2) is 0 Å². The Hall–Kier alpha value is -1.64. The fourth-order valence-electron chi connectivity index (χ4n) is 4.10. The Morgan fingerprint density at radius 1 is 1.17 bits per heavy atom. The molecule has 0 saturated heterocycles. The number of aryl methyl sites for hydroxylation is 1. The lowest BCUT2D eigenvalue weighted by Crippen LogP contribution is -2.30. The topological polar surface area (TPSA) is 21.3 Å². The number of ether oxygens (including phenoxy) is 1. The van der Waals surface area contributed by atoms with Gasteiger partial charge in [-0.05, 0) is 54.2 Å². The van der Waals surface area contributed by atoms with Gasteiger partial charge in [-0.3, -0.25) is 0 Å². The third-order valence-corrected chi connectivity index (χ3v) is 5.78. The number of methoxy groups -OCH3 is 1. The Bertz CT molecular complexity index is 831. The van der Waals surface area contributed by atoms with Crippen molar-refractivity contribution in [2.75, 3.05) is 12.4 Å². The van der Waals surface area contributed by atoms with Gasteiger partial charge in [-0.15, -0.1) is 0 Å². The molecule has 0 fully saturated rings. The number of nitrogens with one attached hydrogen (secondary N) is 1. The first-order valence-electron chi connectivity index (χ1n) is 8.15. The molecule has 1 heterocycles. The first kappa shape index (κ1) is 15.9. The van der Waals surface area contributed by atoms with Crippen LogP contribution in [-0.2, 0) is 0 Å². The highest BCUT2D eigenvalue weighted by molar-refractivity contribution is 6.35. The lowest BCUT2D eigenvalue weighted by molar-refractivity contribution is 0.396. The first-order valence-corrected chi connectivity index (χ1v) is 8.91. The summed E-state index contributed by atoms with van der Waals surface area (Å²) in [5.41, 5.74) is 4.81. The smallest absolute Gasteiger partial charge is 0.142 e. The lowest BCUT2D eigenvalue weighted by Gasteiger charge is -2.39. The van der Waals surface area contributed by atoms with Gasteiger partial charge in [0.1, 0.15) is 5.75 Å². The molecule has 2 aromatic carbocycles. The van der Waals surface area contributed by atoms with E-state index < -0.39 is 0 Å². The number of anilines is 1. The van der Waals surface area contributed by atoms with Crippen LogP contribution in [0.15, 0.2) is 42.5 Å². The summed E-state index contributed by atoms with van der Waals surface area (Å²) >= 11 is 12.6. The van der Waals surface area contributed by atoms with Gasteiger partial charge in [-0.1, -0.05) is 47.5 Å². The van der Waals surface area contributed by atoms with E-state index in [2.05, 4.69) is 30.5 Å². The van der Waals surface area contributed by atoms with Crippen molar-refractivity contribution in [1.82, 2.24) is 0 Å². The molecule has 1 aliphatic heterocycles. The monoisotopic (exact) mass is 359 g/mol. The maximum Gasteiger partial charge on any atom is 0.142 e. The summed E-state index contributed by atoms with van der Waals surface area (Å²) in [5, 5.41) is 5.08. The Labute approximate surface area is 152 Å². The van der Waals surface area contributed by atoms with Gasteiger partial charge >= 0.3 is 0 Å². The molecule has 2 aromatic rings. The standard InChI is InChI=1S/C20H19Cl2NO/c1-11-6-9-17(24-2)20-18(11)13-4-3-5-14(13)19(23-20)15-8-7-12(21)10-16(15)22/h3-4,6-10,13-14,19,23H,5H2,1-2H3/t13-,14-,19+/m1/s1. The van der Waals surface area contributed by atoms with E-state index in [1.54, 1.807) is 7.11 Å². The van der Waals surface area contributed by atoms with Crippen LogP contribution >= 0.6 is 23.2 Å². The minimum absolute atomic E-state index is 0.137. The van der Waals surface area contributed by atoms with Crippen molar-refractivity contribution in [3.8, 4) is 5.75 Å². The fraction of sp³-hybridized carbons (Fsp3) is 0.300. The molecule has 0 bridgehead atoms. The third-order valence-electron chi connectivity index (χ3n) is 5.22. The molecule has 0 radical (unpaired) electrons. The van der Waals surface area contributed by atoms with Crippen LogP contribution in [0.5, 0.6) is 5.75 Å². The van der Waals surface area contributed by atoms with E-state index in [1.807, 2.05) is 24.3 Å². The van der Waals surface area contributed by atoms with E-state index in [1.165, 1.54) is 11.1 Å². The van der Waals surface area contributed by atoms with Crippen molar-refractivity contribution >= 4 is 28.9 Å². The lowest BCUT2D eigenvalue weighted by atomic mass is 9.75. The van der Waals surface area contributed by atoms with Crippen LogP contribution in [0, 0.1) is 12.8 Å². The van der Waals surface area contributed by atoms with Gasteiger partial charge in [0.2, 0.25) is 0 Å². The summed E-state index contributed by atoms with van der Waals surface area (Å²) in [7, 11) is 1.72. The maximum atomic E-state index is 6.51. The van der Waals surface area contributed by atoms with Gasteiger partial charge in [0.25, 0.3) is 0 Å². The fourth-order valence-corrected chi connectivity index (χ4v) is 4.63. The Morgan fingerprint density at radius 2 is 2.00 bits per heavy atom. The van der Waals surface area contributed by atoms with Crippen LogP contribution in [0.3, 0.4) is 0 Å². The predicted octanol–water partition coefficient (Wildman–Crippen LogP) is 6.14. The number of allylic oxidation sites excluding steroid dienone is 2. The molecule has 0 aromatic heterocycles. The average Bonchev–Trinajstić information content (AvgIpc) is 3.04.